The summed E-state index contributed by atoms with van der Waals surface area (Å²) in [6.07, 6.45) is 2.91. The molecule has 0 aliphatic rings. The molecule has 0 radical (unpaired) electrons. The Balaban J connectivity index is 4.97. The average Bonchev–Trinajstić information content (AvgIpc) is 2.48. The van der Waals surface area contributed by atoms with E-state index in [0.717, 1.165) is 25.7 Å². The molecule has 0 bridgehead atoms. The molecule has 0 saturated carbocycles. The Morgan fingerprint density at radius 3 is 1.95 bits per heavy atom. The van der Waals surface area contributed by atoms with Gasteiger partial charge < -0.3 is 14.6 Å². The Morgan fingerprint density at radius 2 is 1.52 bits per heavy atom. The highest BCUT2D eigenvalue weighted by molar-refractivity contribution is 6.05. The molecular formula is C16H30O5. The highest BCUT2D eigenvalue weighted by Crippen LogP contribution is 2.25. The van der Waals surface area contributed by atoms with Crippen LogP contribution in [0.25, 0.3) is 0 Å². The van der Waals surface area contributed by atoms with E-state index in [1.165, 1.54) is 0 Å². The summed E-state index contributed by atoms with van der Waals surface area (Å²) in [6, 6.07) is 0. The van der Waals surface area contributed by atoms with E-state index in [2.05, 4.69) is 0 Å². The molecule has 1 atom stereocenters. The van der Waals surface area contributed by atoms with Gasteiger partial charge in [0.05, 0.1) is 0 Å². The molecule has 0 saturated heterocycles. The SMILES string of the molecule is CCCCOC(C(=O)O)C(=O)C(CC)(CC)OCCCC. The average molecular weight is 302 g/mol. The number of hydrogen-bond donors (Lipinski definition) is 1. The van der Waals surface area contributed by atoms with Gasteiger partial charge in [-0.15, -0.1) is 0 Å². The van der Waals surface area contributed by atoms with Gasteiger partial charge in [0.2, 0.25) is 11.9 Å². The molecule has 0 aliphatic heterocycles. The molecule has 0 amide bonds. The quantitative estimate of drug-likeness (QED) is 0.418. The zero-order valence-electron chi connectivity index (χ0n) is 13.8. The molecule has 0 aliphatic carbocycles. The lowest BCUT2D eigenvalue weighted by Gasteiger charge is -2.32. The summed E-state index contributed by atoms with van der Waals surface area (Å²) < 4.78 is 11.1. The Morgan fingerprint density at radius 1 is 1.00 bits per heavy atom. The fourth-order valence-corrected chi connectivity index (χ4v) is 2.13. The minimum absolute atomic E-state index is 0.275. The summed E-state index contributed by atoms with van der Waals surface area (Å²) in [6.45, 7) is 8.45. The maximum atomic E-state index is 12.6. The number of Topliss-reactive ketones (excluding diaryl/α,β-unsaturated/α-hetero) is 1. The summed E-state index contributed by atoms with van der Waals surface area (Å²) in [4.78, 5) is 24.0. The molecule has 21 heavy (non-hydrogen) atoms. The highest BCUT2D eigenvalue weighted by atomic mass is 16.5. The first kappa shape index (κ1) is 20.1. The zero-order valence-corrected chi connectivity index (χ0v) is 13.8. The second-order valence-electron chi connectivity index (χ2n) is 5.21. The van der Waals surface area contributed by atoms with E-state index in [-0.39, 0.29) is 6.61 Å². The van der Waals surface area contributed by atoms with Crippen molar-refractivity contribution in [1.82, 2.24) is 0 Å². The minimum Gasteiger partial charge on any atom is -0.479 e. The van der Waals surface area contributed by atoms with Crippen LogP contribution in [-0.2, 0) is 19.1 Å². The van der Waals surface area contributed by atoms with Gasteiger partial charge in [-0.3, -0.25) is 4.79 Å². The van der Waals surface area contributed by atoms with Gasteiger partial charge in [0.15, 0.2) is 0 Å². The largest absolute Gasteiger partial charge is 0.479 e. The number of hydrogen-bond acceptors (Lipinski definition) is 4. The molecule has 5 nitrogen and oxygen atoms in total. The molecule has 0 fully saturated rings. The van der Waals surface area contributed by atoms with Crippen molar-refractivity contribution in [3.8, 4) is 0 Å². The molecule has 5 heteroatoms. The third-order valence-corrected chi connectivity index (χ3v) is 3.71. The minimum atomic E-state index is -1.43. The molecular weight excluding hydrogens is 272 g/mol. The van der Waals surface area contributed by atoms with Crippen LogP contribution in [0.3, 0.4) is 0 Å². The Kier molecular flexibility index (Phi) is 10.3. The highest BCUT2D eigenvalue weighted by Gasteiger charge is 2.43. The topological polar surface area (TPSA) is 72.8 Å². The maximum Gasteiger partial charge on any atom is 0.340 e. The molecule has 0 aromatic carbocycles. The molecule has 1 unspecified atom stereocenters. The number of carboxylic acid groups (broad SMARTS) is 1. The van der Waals surface area contributed by atoms with Gasteiger partial charge in [-0.05, 0) is 25.7 Å². The first-order chi connectivity index (χ1) is 9.98. The fourth-order valence-electron chi connectivity index (χ4n) is 2.13. The van der Waals surface area contributed by atoms with Crippen molar-refractivity contribution in [2.45, 2.75) is 77.9 Å². The van der Waals surface area contributed by atoms with E-state index in [9.17, 15) is 14.7 Å². The van der Waals surface area contributed by atoms with Crippen LogP contribution in [0, 0.1) is 0 Å². The number of rotatable bonds is 13. The van der Waals surface area contributed by atoms with Gasteiger partial charge in [-0.2, -0.15) is 0 Å². The van der Waals surface area contributed by atoms with E-state index >= 15 is 0 Å². The van der Waals surface area contributed by atoms with Crippen LogP contribution in [-0.4, -0.2) is 41.8 Å². The van der Waals surface area contributed by atoms with Crippen molar-refractivity contribution < 1.29 is 24.2 Å². The fraction of sp³-hybridized carbons (Fsp3) is 0.875. The monoisotopic (exact) mass is 302 g/mol. The Hall–Kier alpha value is -0.940. The van der Waals surface area contributed by atoms with Gasteiger partial charge in [0, 0.05) is 13.2 Å². The van der Waals surface area contributed by atoms with Crippen LogP contribution < -0.4 is 0 Å². The van der Waals surface area contributed by atoms with Gasteiger partial charge in [0.1, 0.15) is 5.60 Å². The third-order valence-electron chi connectivity index (χ3n) is 3.71. The van der Waals surface area contributed by atoms with Crippen molar-refractivity contribution >= 4 is 11.8 Å². The number of ether oxygens (including phenoxy) is 2. The van der Waals surface area contributed by atoms with Crippen LogP contribution in [0.5, 0.6) is 0 Å². The number of carbonyl (C=O) groups excluding carboxylic acids is 1. The summed E-state index contributed by atoms with van der Waals surface area (Å²) in [5, 5.41) is 9.27. The zero-order chi connectivity index (χ0) is 16.3. The van der Waals surface area contributed by atoms with E-state index in [1.54, 1.807) is 0 Å². The van der Waals surface area contributed by atoms with Gasteiger partial charge in [0.25, 0.3) is 0 Å². The number of aliphatic carboxylic acids is 1. The van der Waals surface area contributed by atoms with Crippen LogP contribution in [0.1, 0.15) is 66.2 Å². The van der Waals surface area contributed by atoms with E-state index < -0.39 is 23.5 Å². The maximum absolute atomic E-state index is 12.6. The first-order valence-corrected chi connectivity index (χ1v) is 8.01. The lowest BCUT2D eigenvalue weighted by atomic mass is 9.88. The molecule has 0 heterocycles. The molecule has 0 aromatic heterocycles. The molecule has 0 spiro atoms. The van der Waals surface area contributed by atoms with Crippen LogP contribution in [0.2, 0.25) is 0 Å². The first-order valence-electron chi connectivity index (χ1n) is 8.01. The molecule has 0 aromatic rings. The van der Waals surface area contributed by atoms with Crippen LogP contribution in [0.4, 0.5) is 0 Å². The van der Waals surface area contributed by atoms with Gasteiger partial charge in [-0.25, -0.2) is 4.79 Å². The lowest BCUT2D eigenvalue weighted by molar-refractivity contribution is -0.170. The van der Waals surface area contributed by atoms with Crippen molar-refractivity contribution in [2.24, 2.45) is 0 Å². The predicted octanol–water partition coefficient (Wildman–Crippen LogP) is 3.20. The van der Waals surface area contributed by atoms with Crippen molar-refractivity contribution in [3.05, 3.63) is 0 Å². The number of unbranched alkanes of at least 4 members (excludes halogenated alkanes) is 2. The Bertz CT molecular complexity index is 310. The van der Waals surface area contributed by atoms with Crippen LogP contribution >= 0.6 is 0 Å². The normalized spacial score (nSPS) is 13.1. The summed E-state index contributed by atoms with van der Waals surface area (Å²) >= 11 is 0. The standard InChI is InChI=1S/C16H30O5/c1-5-9-11-20-13(15(18)19)14(17)16(7-3,8-4)21-12-10-6-2/h13H,5-12H2,1-4H3,(H,18,19). The van der Waals surface area contributed by atoms with Gasteiger partial charge in [-0.1, -0.05) is 40.5 Å². The second-order valence-corrected chi connectivity index (χ2v) is 5.21. The third kappa shape index (κ3) is 6.14. The Labute approximate surface area is 128 Å². The number of carbonyl (C=O) groups is 2. The van der Waals surface area contributed by atoms with Crippen LogP contribution in [0.15, 0.2) is 0 Å². The molecule has 0 rings (SSSR count). The van der Waals surface area contributed by atoms with Crippen molar-refractivity contribution in [2.75, 3.05) is 13.2 Å². The number of ketones is 1. The van der Waals surface area contributed by atoms with E-state index in [0.29, 0.717) is 19.4 Å². The predicted molar refractivity (Wildman–Crippen MR) is 81.5 cm³/mol. The summed E-state index contributed by atoms with van der Waals surface area (Å²) in [5.41, 5.74) is -1.05. The summed E-state index contributed by atoms with van der Waals surface area (Å²) in [5.74, 6) is -1.70. The van der Waals surface area contributed by atoms with E-state index in [4.69, 9.17) is 9.47 Å². The number of carboxylic acids is 1. The van der Waals surface area contributed by atoms with E-state index in [1.807, 2.05) is 27.7 Å². The van der Waals surface area contributed by atoms with Crippen molar-refractivity contribution in [1.29, 1.82) is 0 Å². The smallest absolute Gasteiger partial charge is 0.340 e. The molecule has 1 N–H and O–H groups in total. The second kappa shape index (κ2) is 10.7. The van der Waals surface area contributed by atoms with Gasteiger partial charge >= 0.3 is 5.97 Å². The molecule has 124 valence electrons. The van der Waals surface area contributed by atoms with Crippen molar-refractivity contribution in [3.63, 3.8) is 0 Å². The summed E-state index contributed by atoms with van der Waals surface area (Å²) in [7, 11) is 0. The lowest BCUT2D eigenvalue weighted by Crippen LogP contribution is -2.50.